The number of ether oxygens (including phenoxy) is 1. The standard InChI is InChI=1S/C15H30N2O/c1-3-8-16-15(14-6-7-14)11-17(2)10-13-5-4-9-18-12-13/h13-16H,3-12H2,1-2H3. The van der Waals surface area contributed by atoms with Crippen LogP contribution in [0.5, 0.6) is 0 Å². The fourth-order valence-electron chi connectivity index (χ4n) is 3.01. The first kappa shape index (κ1) is 14.3. The second-order valence-electron chi connectivity index (χ2n) is 6.20. The van der Waals surface area contributed by atoms with Gasteiger partial charge in [0.05, 0.1) is 6.61 Å². The van der Waals surface area contributed by atoms with Crippen LogP contribution in [0.15, 0.2) is 0 Å². The number of nitrogens with one attached hydrogen (secondary N) is 1. The molecule has 2 aliphatic rings. The topological polar surface area (TPSA) is 24.5 Å². The third kappa shape index (κ3) is 4.87. The van der Waals surface area contributed by atoms with E-state index in [-0.39, 0.29) is 0 Å². The summed E-state index contributed by atoms with van der Waals surface area (Å²) < 4.78 is 5.57. The number of nitrogens with zero attached hydrogens (tertiary/aromatic N) is 1. The van der Waals surface area contributed by atoms with E-state index in [0.29, 0.717) is 0 Å². The van der Waals surface area contributed by atoms with Gasteiger partial charge in [-0.2, -0.15) is 0 Å². The summed E-state index contributed by atoms with van der Waals surface area (Å²) in [5.41, 5.74) is 0. The van der Waals surface area contributed by atoms with Gasteiger partial charge in [-0.05, 0) is 57.5 Å². The Morgan fingerprint density at radius 1 is 1.33 bits per heavy atom. The molecule has 0 spiro atoms. The lowest BCUT2D eigenvalue weighted by Crippen LogP contribution is -2.43. The zero-order chi connectivity index (χ0) is 12.8. The highest BCUT2D eigenvalue weighted by molar-refractivity contribution is 4.88. The average molecular weight is 254 g/mol. The molecule has 1 N–H and O–H groups in total. The van der Waals surface area contributed by atoms with Crippen LogP contribution in [0.3, 0.4) is 0 Å². The van der Waals surface area contributed by atoms with Crippen LogP contribution in [-0.4, -0.2) is 50.8 Å². The lowest BCUT2D eigenvalue weighted by Gasteiger charge is -2.30. The van der Waals surface area contributed by atoms with E-state index < -0.39 is 0 Å². The molecule has 1 aliphatic carbocycles. The summed E-state index contributed by atoms with van der Waals surface area (Å²) >= 11 is 0. The van der Waals surface area contributed by atoms with Gasteiger partial charge in [-0.25, -0.2) is 0 Å². The molecule has 3 nitrogen and oxygen atoms in total. The Bertz CT molecular complexity index is 225. The van der Waals surface area contributed by atoms with E-state index in [9.17, 15) is 0 Å². The first-order valence-corrected chi connectivity index (χ1v) is 7.79. The number of hydrogen-bond donors (Lipinski definition) is 1. The van der Waals surface area contributed by atoms with Crippen molar-refractivity contribution in [2.24, 2.45) is 11.8 Å². The normalized spacial score (nSPS) is 26.5. The van der Waals surface area contributed by atoms with Gasteiger partial charge in [-0.15, -0.1) is 0 Å². The van der Waals surface area contributed by atoms with Crippen LogP contribution in [0.2, 0.25) is 0 Å². The Morgan fingerprint density at radius 3 is 2.78 bits per heavy atom. The highest BCUT2D eigenvalue weighted by Crippen LogP contribution is 2.33. The summed E-state index contributed by atoms with van der Waals surface area (Å²) in [7, 11) is 2.28. The molecule has 0 aromatic rings. The van der Waals surface area contributed by atoms with Crippen LogP contribution in [0, 0.1) is 11.8 Å². The van der Waals surface area contributed by atoms with Crippen LogP contribution in [0.1, 0.15) is 39.0 Å². The predicted molar refractivity (Wildman–Crippen MR) is 75.8 cm³/mol. The molecule has 3 heteroatoms. The molecule has 0 bridgehead atoms. The Labute approximate surface area is 112 Å². The molecular weight excluding hydrogens is 224 g/mol. The second kappa shape index (κ2) is 7.46. The van der Waals surface area contributed by atoms with Crippen molar-refractivity contribution in [3.8, 4) is 0 Å². The Hall–Kier alpha value is -0.120. The second-order valence-corrected chi connectivity index (χ2v) is 6.20. The Kier molecular flexibility index (Phi) is 5.93. The molecule has 2 fully saturated rings. The van der Waals surface area contributed by atoms with Crippen LogP contribution in [-0.2, 0) is 4.74 Å². The monoisotopic (exact) mass is 254 g/mol. The van der Waals surface area contributed by atoms with Gasteiger partial charge in [-0.3, -0.25) is 0 Å². The van der Waals surface area contributed by atoms with E-state index in [0.717, 1.165) is 31.1 Å². The van der Waals surface area contributed by atoms with Gasteiger partial charge in [0.25, 0.3) is 0 Å². The van der Waals surface area contributed by atoms with Crippen molar-refractivity contribution >= 4 is 0 Å². The fourth-order valence-corrected chi connectivity index (χ4v) is 3.01. The van der Waals surface area contributed by atoms with Crippen molar-refractivity contribution in [2.75, 3.05) is 39.9 Å². The summed E-state index contributed by atoms with van der Waals surface area (Å²) in [5, 5.41) is 3.73. The molecule has 0 amide bonds. The third-order valence-electron chi connectivity index (χ3n) is 4.18. The maximum Gasteiger partial charge on any atom is 0.0506 e. The molecule has 2 unspecified atom stereocenters. The third-order valence-corrected chi connectivity index (χ3v) is 4.18. The minimum atomic E-state index is 0.722. The minimum Gasteiger partial charge on any atom is -0.381 e. The van der Waals surface area contributed by atoms with E-state index >= 15 is 0 Å². The van der Waals surface area contributed by atoms with Crippen LogP contribution >= 0.6 is 0 Å². The average Bonchev–Trinajstić information content (AvgIpc) is 3.20. The SMILES string of the molecule is CCCNC(CN(C)CC1CCCOC1)C1CC1. The van der Waals surface area contributed by atoms with Gasteiger partial charge in [0.1, 0.15) is 0 Å². The van der Waals surface area contributed by atoms with Crippen molar-refractivity contribution in [3.63, 3.8) is 0 Å². The van der Waals surface area contributed by atoms with Gasteiger partial charge in [-0.1, -0.05) is 6.92 Å². The molecule has 2 rings (SSSR count). The Balaban J connectivity index is 1.68. The fraction of sp³-hybridized carbons (Fsp3) is 1.00. The maximum atomic E-state index is 5.57. The largest absolute Gasteiger partial charge is 0.381 e. The van der Waals surface area contributed by atoms with E-state index in [2.05, 4.69) is 24.2 Å². The van der Waals surface area contributed by atoms with E-state index in [1.165, 1.54) is 51.7 Å². The van der Waals surface area contributed by atoms with Crippen LogP contribution < -0.4 is 5.32 Å². The first-order chi connectivity index (χ1) is 8.79. The van der Waals surface area contributed by atoms with Gasteiger partial charge in [0.15, 0.2) is 0 Å². The molecule has 106 valence electrons. The van der Waals surface area contributed by atoms with E-state index in [4.69, 9.17) is 4.74 Å². The Morgan fingerprint density at radius 2 is 2.17 bits per heavy atom. The predicted octanol–water partition coefficient (Wildman–Crippen LogP) is 2.12. The van der Waals surface area contributed by atoms with Gasteiger partial charge >= 0.3 is 0 Å². The van der Waals surface area contributed by atoms with Gasteiger partial charge < -0.3 is 15.0 Å². The molecule has 1 heterocycles. The summed E-state index contributed by atoms with van der Waals surface area (Å²) in [6.07, 6.45) is 6.70. The van der Waals surface area contributed by atoms with Crippen molar-refractivity contribution in [2.45, 2.75) is 45.1 Å². The molecule has 0 radical (unpaired) electrons. The minimum absolute atomic E-state index is 0.722. The smallest absolute Gasteiger partial charge is 0.0506 e. The molecule has 1 saturated carbocycles. The van der Waals surface area contributed by atoms with Crippen LogP contribution in [0.4, 0.5) is 0 Å². The molecule has 18 heavy (non-hydrogen) atoms. The van der Waals surface area contributed by atoms with Gasteiger partial charge in [0, 0.05) is 25.7 Å². The number of likely N-dealkylation sites (N-methyl/N-ethyl adjacent to an activating group) is 1. The molecule has 2 atom stereocenters. The number of hydrogen-bond acceptors (Lipinski definition) is 3. The molecular formula is C15H30N2O. The van der Waals surface area contributed by atoms with Crippen molar-refractivity contribution in [1.29, 1.82) is 0 Å². The van der Waals surface area contributed by atoms with E-state index in [1.54, 1.807) is 0 Å². The maximum absolute atomic E-state index is 5.57. The number of rotatable bonds is 8. The molecule has 0 aromatic heterocycles. The molecule has 1 saturated heterocycles. The first-order valence-electron chi connectivity index (χ1n) is 7.79. The quantitative estimate of drug-likeness (QED) is 0.718. The molecule has 1 aliphatic heterocycles. The van der Waals surface area contributed by atoms with Crippen molar-refractivity contribution in [3.05, 3.63) is 0 Å². The summed E-state index contributed by atoms with van der Waals surface area (Å²) in [5.74, 6) is 1.70. The summed E-state index contributed by atoms with van der Waals surface area (Å²) in [6, 6.07) is 0.722. The zero-order valence-corrected chi connectivity index (χ0v) is 12.2. The van der Waals surface area contributed by atoms with Gasteiger partial charge in [0.2, 0.25) is 0 Å². The highest BCUT2D eigenvalue weighted by atomic mass is 16.5. The lowest BCUT2D eigenvalue weighted by atomic mass is 10.0. The van der Waals surface area contributed by atoms with E-state index in [1.807, 2.05) is 0 Å². The zero-order valence-electron chi connectivity index (χ0n) is 12.2. The lowest BCUT2D eigenvalue weighted by molar-refractivity contribution is 0.0406. The van der Waals surface area contributed by atoms with Crippen molar-refractivity contribution < 1.29 is 4.74 Å². The summed E-state index contributed by atoms with van der Waals surface area (Å²) in [4.78, 5) is 2.52. The molecule has 0 aromatic carbocycles. The van der Waals surface area contributed by atoms with Crippen LogP contribution in [0.25, 0.3) is 0 Å². The highest BCUT2D eigenvalue weighted by Gasteiger charge is 2.31. The summed E-state index contributed by atoms with van der Waals surface area (Å²) in [6.45, 7) is 7.78. The van der Waals surface area contributed by atoms with Crippen molar-refractivity contribution in [1.82, 2.24) is 10.2 Å².